The van der Waals surface area contributed by atoms with E-state index in [1.807, 2.05) is 0 Å². The molecule has 1 aromatic carbocycles. The fraction of sp³-hybridized carbons (Fsp3) is 0.467. The number of aliphatic hydroxyl groups is 2. The number of phenols is 1. The van der Waals surface area contributed by atoms with Gasteiger partial charge in [0.1, 0.15) is 5.75 Å². The van der Waals surface area contributed by atoms with E-state index in [2.05, 4.69) is 0 Å². The summed E-state index contributed by atoms with van der Waals surface area (Å²) in [6.45, 7) is 0. The Kier molecular flexibility index (Phi) is 2.47. The van der Waals surface area contributed by atoms with Gasteiger partial charge >= 0.3 is 0 Å². The van der Waals surface area contributed by atoms with Gasteiger partial charge in [0.05, 0.1) is 29.7 Å². The van der Waals surface area contributed by atoms with Gasteiger partial charge in [-0.2, -0.15) is 0 Å². The third-order valence-corrected chi connectivity index (χ3v) is 5.21. The summed E-state index contributed by atoms with van der Waals surface area (Å²) < 4.78 is 0. The predicted octanol–water partition coefficient (Wildman–Crippen LogP) is -0.131. The molecular formula is C15H15NO5. The van der Waals surface area contributed by atoms with E-state index in [1.165, 1.54) is 12.1 Å². The number of phenolic OH excluding ortho intramolecular Hbond substituents is 1. The predicted molar refractivity (Wildman–Crippen MR) is 71.2 cm³/mol. The molecule has 0 aromatic heterocycles. The maximum Gasteiger partial charge on any atom is 0.238 e. The van der Waals surface area contributed by atoms with Crippen LogP contribution in [0.4, 0.5) is 5.69 Å². The molecule has 1 aliphatic heterocycles. The quantitative estimate of drug-likeness (QED) is 0.626. The van der Waals surface area contributed by atoms with E-state index in [1.54, 1.807) is 12.1 Å². The molecule has 6 nitrogen and oxygen atoms in total. The zero-order valence-corrected chi connectivity index (χ0v) is 11.1. The normalized spacial score (nSPS) is 41.0. The van der Waals surface area contributed by atoms with Crippen LogP contribution >= 0.6 is 0 Å². The van der Waals surface area contributed by atoms with E-state index in [9.17, 15) is 24.9 Å². The second kappa shape index (κ2) is 4.05. The number of aliphatic hydroxyl groups excluding tert-OH is 2. The second-order valence-corrected chi connectivity index (χ2v) is 6.10. The molecule has 1 aromatic rings. The van der Waals surface area contributed by atoms with E-state index in [4.69, 9.17) is 0 Å². The van der Waals surface area contributed by atoms with Gasteiger partial charge in [0.25, 0.3) is 0 Å². The van der Waals surface area contributed by atoms with E-state index < -0.39 is 24.0 Å². The smallest absolute Gasteiger partial charge is 0.238 e. The Balaban J connectivity index is 1.77. The minimum absolute atomic E-state index is 0.132. The van der Waals surface area contributed by atoms with Gasteiger partial charge in [0, 0.05) is 11.8 Å². The second-order valence-electron chi connectivity index (χ2n) is 6.10. The Morgan fingerprint density at radius 1 is 0.952 bits per heavy atom. The van der Waals surface area contributed by atoms with Crippen LogP contribution in [-0.4, -0.2) is 39.3 Å². The van der Waals surface area contributed by atoms with E-state index in [-0.39, 0.29) is 35.1 Å². The van der Waals surface area contributed by atoms with Crippen LogP contribution in [0.2, 0.25) is 0 Å². The zero-order chi connectivity index (χ0) is 14.9. The Morgan fingerprint density at radius 2 is 1.48 bits per heavy atom. The molecule has 6 atom stereocenters. The van der Waals surface area contributed by atoms with Crippen molar-refractivity contribution in [3.63, 3.8) is 0 Å². The SMILES string of the molecule is O=C1C2C3CC(C(O)C3O)C2C(=O)N1c1ccccc1O. The van der Waals surface area contributed by atoms with Crippen molar-refractivity contribution in [2.24, 2.45) is 23.7 Å². The monoisotopic (exact) mass is 289 g/mol. The van der Waals surface area contributed by atoms with Crippen molar-refractivity contribution >= 4 is 17.5 Å². The number of benzene rings is 1. The van der Waals surface area contributed by atoms with Gasteiger partial charge in [0.15, 0.2) is 0 Å². The first-order valence-electron chi connectivity index (χ1n) is 7.04. The van der Waals surface area contributed by atoms with Gasteiger partial charge in [-0.3, -0.25) is 9.59 Å². The van der Waals surface area contributed by atoms with Crippen molar-refractivity contribution in [2.75, 3.05) is 4.90 Å². The topological polar surface area (TPSA) is 98.1 Å². The van der Waals surface area contributed by atoms with Crippen molar-refractivity contribution in [3.8, 4) is 5.75 Å². The molecule has 2 bridgehead atoms. The molecule has 3 N–H and O–H groups in total. The van der Waals surface area contributed by atoms with Crippen LogP contribution in [0.1, 0.15) is 6.42 Å². The first-order valence-corrected chi connectivity index (χ1v) is 7.04. The highest BCUT2D eigenvalue weighted by atomic mass is 16.3. The van der Waals surface area contributed by atoms with Gasteiger partial charge in [-0.05, 0) is 18.6 Å². The van der Waals surface area contributed by atoms with Gasteiger partial charge in [-0.1, -0.05) is 12.1 Å². The van der Waals surface area contributed by atoms with Gasteiger partial charge in [-0.15, -0.1) is 0 Å². The zero-order valence-electron chi connectivity index (χ0n) is 11.1. The Bertz CT molecular complexity index is 613. The maximum absolute atomic E-state index is 12.6. The third-order valence-electron chi connectivity index (χ3n) is 5.21. The average Bonchev–Trinajstić information content (AvgIpc) is 3.06. The molecule has 3 aliphatic rings. The minimum atomic E-state index is -0.947. The van der Waals surface area contributed by atoms with E-state index in [0.29, 0.717) is 6.42 Å². The Hall–Kier alpha value is -1.92. The average molecular weight is 289 g/mol. The number of hydrogen-bond donors (Lipinski definition) is 3. The summed E-state index contributed by atoms with van der Waals surface area (Å²) in [4.78, 5) is 26.2. The van der Waals surface area contributed by atoms with Crippen LogP contribution < -0.4 is 4.90 Å². The number of carbonyl (C=O) groups is 2. The molecule has 21 heavy (non-hydrogen) atoms. The number of hydrogen-bond acceptors (Lipinski definition) is 5. The number of anilines is 1. The highest BCUT2D eigenvalue weighted by Gasteiger charge is 2.67. The number of imide groups is 1. The summed E-state index contributed by atoms with van der Waals surface area (Å²) >= 11 is 0. The molecule has 3 fully saturated rings. The molecule has 1 saturated heterocycles. The van der Waals surface area contributed by atoms with Crippen LogP contribution in [0.5, 0.6) is 5.75 Å². The van der Waals surface area contributed by atoms with Crippen molar-refractivity contribution in [1.82, 2.24) is 0 Å². The van der Waals surface area contributed by atoms with E-state index >= 15 is 0 Å². The molecule has 6 heteroatoms. The lowest BCUT2D eigenvalue weighted by atomic mass is 9.78. The Morgan fingerprint density at radius 3 is 2.00 bits per heavy atom. The molecule has 4 rings (SSSR count). The number of aromatic hydroxyl groups is 1. The number of amides is 2. The molecule has 2 amide bonds. The van der Waals surface area contributed by atoms with Crippen LogP contribution in [0.25, 0.3) is 0 Å². The summed E-state index contributed by atoms with van der Waals surface area (Å²) in [7, 11) is 0. The van der Waals surface area contributed by atoms with E-state index in [0.717, 1.165) is 4.90 Å². The molecule has 6 unspecified atom stereocenters. The van der Waals surface area contributed by atoms with Crippen molar-refractivity contribution in [1.29, 1.82) is 0 Å². The van der Waals surface area contributed by atoms with Crippen molar-refractivity contribution < 1.29 is 24.9 Å². The standard InChI is InChI=1S/C15H15NO5/c17-9-4-2-1-3-8(9)16-14(20)10-6-5-7(11(10)15(16)21)13(19)12(6)18/h1-4,6-7,10-13,17-19H,5H2. The van der Waals surface area contributed by atoms with Crippen molar-refractivity contribution in [3.05, 3.63) is 24.3 Å². The summed E-state index contributed by atoms with van der Waals surface area (Å²) in [5, 5.41) is 29.8. The molecule has 110 valence electrons. The summed E-state index contributed by atoms with van der Waals surface area (Å²) in [5.74, 6) is -2.81. The largest absolute Gasteiger partial charge is 0.506 e. The lowest BCUT2D eigenvalue weighted by Gasteiger charge is -2.29. The summed E-state index contributed by atoms with van der Waals surface area (Å²) in [5.41, 5.74) is 0.172. The first kappa shape index (κ1) is 12.8. The Labute approximate surface area is 120 Å². The van der Waals surface area contributed by atoms with Crippen LogP contribution in [0.15, 0.2) is 24.3 Å². The summed E-state index contributed by atoms with van der Waals surface area (Å²) in [6.07, 6.45) is -1.39. The molecule has 2 aliphatic carbocycles. The molecule has 2 saturated carbocycles. The number of para-hydroxylation sites is 2. The molecule has 0 radical (unpaired) electrons. The number of rotatable bonds is 1. The number of carbonyl (C=O) groups excluding carboxylic acids is 2. The number of nitrogens with zero attached hydrogens (tertiary/aromatic N) is 1. The molecule has 0 spiro atoms. The number of fused-ring (bicyclic) bond motifs is 5. The fourth-order valence-corrected chi connectivity index (χ4v) is 4.32. The van der Waals surface area contributed by atoms with Crippen LogP contribution in [-0.2, 0) is 9.59 Å². The highest BCUT2D eigenvalue weighted by molar-refractivity contribution is 6.23. The fourth-order valence-electron chi connectivity index (χ4n) is 4.32. The highest BCUT2D eigenvalue weighted by Crippen LogP contribution is 2.57. The third kappa shape index (κ3) is 1.43. The first-order chi connectivity index (χ1) is 10.0. The van der Waals surface area contributed by atoms with Crippen LogP contribution in [0.3, 0.4) is 0 Å². The van der Waals surface area contributed by atoms with Crippen LogP contribution in [0, 0.1) is 23.7 Å². The van der Waals surface area contributed by atoms with Gasteiger partial charge in [-0.25, -0.2) is 4.90 Å². The minimum Gasteiger partial charge on any atom is -0.506 e. The lowest BCUT2D eigenvalue weighted by molar-refractivity contribution is -0.129. The maximum atomic E-state index is 12.6. The molecular weight excluding hydrogens is 274 g/mol. The lowest BCUT2D eigenvalue weighted by Crippen LogP contribution is -2.43. The summed E-state index contributed by atoms with van der Waals surface area (Å²) in [6, 6.07) is 6.19. The van der Waals surface area contributed by atoms with Crippen molar-refractivity contribution in [2.45, 2.75) is 18.6 Å². The van der Waals surface area contributed by atoms with Gasteiger partial charge in [0.2, 0.25) is 11.8 Å². The molecule has 1 heterocycles. The van der Waals surface area contributed by atoms with Gasteiger partial charge < -0.3 is 15.3 Å².